The fourth-order valence-corrected chi connectivity index (χ4v) is 2.78. The first-order valence-electron chi connectivity index (χ1n) is 7.35. The second-order valence-electron chi connectivity index (χ2n) is 5.81. The minimum absolute atomic E-state index is 0.00831. The van der Waals surface area contributed by atoms with E-state index in [2.05, 4.69) is 22.7 Å². The van der Waals surface area contributed by atoms with Crippen LogP contribution in [0.1, 0.15) is 24.0 Å². The standard InChI is InChI=1S/C17H20N2O2/c1-11-6-7-14(8-12(11)2)21-10-17(20)19-18-16-9-13-4-3-5-15(13)16/h3-4,6-8,13,15H,5,9-10H2,1-2H3,(H,19,20)/b18-16-/t13-,15+/m0/s1. The first-order chi connectivity index (χ1) is 10.1. The van der Waals surface area contributed by atoms with Gasteiger partial charge in [-0.25, -0.2) is 5.43 Å². The molecule has 0 heterocycles. The molecule has 1 N–H and O–H groups in total. The molecule has 4 nitrogen and oxygen atoms in total. The van der Waals surface area contributed by atoms with Gasteiger partial charge in [-0.05, 0) is 55.9 Å². The van der Waals surface area contributed by atoms with Gasteiger partial charge in [0.05, 0.1) is 0 Å². The van der Waals surface area contributed by atoms with Crippen LogP contribution in [-0.2, 0) is 4.79 Å². The summed E-state index contributed by atoms with van der Waals surface area (Å²) < 4.78 is 5.48. The molecule has 2 aliphatic rings. The van der Waals surface area contributed by atoms with Crippen LogP contribution in [0.15, 0.2) is 35.5 Å². The number of carbonyl (C=O) groups excluding carboxylic acids is 1. The largest absolute Gasteiger partial charge is 0.484 e. The van der Waals surface area contributed by atoms with E-state index in [-0.39, 0.29) is 12.5 Å². The van der Waals surface area contributed by atoms with Crippen molar-refractivity contribution in [3.8, 4) is 5.75 Å². The lowest BCUT2D eigenvalue weighted by atomic mass is 9.74. The zero-order valence-electron chi connectivity index (χ0n) is 12.4. The van der Waals surface area contributed by atoms with Gasteiger partial charge < -0.3 is 4.74 Å². The van der Waals surface area contributed by atoms with Gasteiger partial charge in [0, 0.05) is 11.6 Å². The van der Waals surface area contributed by atoms with Gasteiger partial charge in [0.2, 0.25) is 0 Å². The van der Waals surface area contributed by atoms with E-state index in [1.807, 2.05) is 32.0 Å². The van der Waals surface area contributed by atoms with Crippen LogP contribution in [0.25, 0.3) is 0 Å². The summed E-state index contributed by atoms with van der Waals surface area (Å²) in [6.45, 7) is 4.06. The predicted octanol–water partition coefficient (Wildman–Crippen LogP) is 2.75. The third kappa shape index (κ3) is 2.99. The van der Waals surface area contributed by atoms with Gasteiger partial charge in [0.15, 0.2) is 6.61 Å². The van der Waals surface area contributed by atoms with Crippen molar-refractivity contribution in [2.75, 3.05) is 6.61 Å². The molecular weight excluding hydrogens is 264 g/mol. The van der Waals surface area contributed by atoms with Crippen LogP contribution in [0.3, 0.4) is 0 Å². The van der Waals surface area contributed by atoms with Crippen molar-refractivity contribution < 1.29 is 9.53 Å². The fourth-order valence-electron chi connectivity index (χ4n) is 2.78. The number of hydrogen-bond donors (Lipinski definition) is 1. The smallest absolute Gasteiger partial charge is 0.277 e. The molecule has 0 spiro atoms. The van der Waals surface area contributed by atoms with Crippen LogP contribution in [0.2, 0.25) is 0 Å². The number of hydrazone groups is 1. The molecule has 4 heteroatoms. The molecule has 1 aromatic rings. The van der Waals surface area contributed by atoms with E-state index >= 15 is 0 Å². The maximum atomic E-state index is 11.7. The van der Waals surface area contributed by atoms with Crippen molar-refractivity contribution in [2.24, 2.45) is 16.9 Å². The van der Waals surface area contributed by atoms with E-state index in [1.54, 1.807) is 0 Å². The van der Waals surface area contributed by atoms with Gasteiger partial charge in [-0.15, -0.1) is 0 Å². The lowest BCUT2D eigenvalue weighted by Gasteiger charge is -2.31. The zero-order chi connectivity index (χ0) is 14.8. The number of benzene rings is 1. The SMILES string of the molecule is Cc1ccc(OCC(=O)N/N=C2/C[C@@H]3C=CC[C@@H]23)cc1C. The number of ether oxygens (including phenoxy) is 1. The maximum absolute atomic E-state index is 11.7. The molecule has 3 rings (SSSR count). The summed E-state index contributed by atoms with van der Waals surface area (Å²) in [5, 5.41) is 4.21. The molecule has 0 radical (unpaired) electrons. The molecule has 0 unspecified atom stereocenters. The Morgan fingerprint density at radius 3 is 3.00 bits per heavy atom. The number of allylic oxidation sites excluding steroid dienone is 2. The highest BCUT2D eigenvalue weighted by Crippen LogP contribution is 2.39. The Morgan fingerprint density at radius 1 is 1.38 bits per heavy atom. The van der Waals surface area contributed by atoms with Crippen LogP contribution in [-0.4, -0.2) is 18.2 Å². The Kier molecular flexibility index (Phi) is 3.78. The van der Waals surface area contributed by atoms with E-state index < -0.39 is 0 Å². The number of hydrogen-bond acceptors (Lipinski definition) is 3. The van der Waals surface area contributed by atoms with Gasteiger partial charge in [-0.2, -0.15) is 5.10 Å². The van der Waals surface area contributed by atoms with Crippen LogP contribution in [0.5, 0.6) is 5.75 Å². The summed E-state index contributed by atoms with van der Waals surface area (Å²) in [5.41, 5.74) is 6.06. The van der Waals surface area contributed by atoms with Crippen molar-refractivity contribution >= 4 is 11.6 Å². The average molecular weight is 284 g/mol. The Balaban J connectivity index is 1.46. The molecule has 2 atom stereocenters. The third-order valence-electron chi connectivity index (χ3n) is 4.34. The maximum Gasteiger partial charge on any atom is 0.277 e. The van der Waals surface area contributed by atoms with Crippen LogP contribution in [0, 0.1) is 25.7 Å². The molecule has 0 aromatic heterocycles. The van der Waals surface area contributed by atoms with E-state index in [1.165, 1.54) is 5.56 Å². The highest BCUT2D eigenvalue weighted by molar-refractivity contribution is 5.94. The lowest BCUT2D eigenvalue weighted by molar-refractivity contribution is -0.123. The highest BCUT2D eigenvalue weighted by Gasteiger charge is 2.37. The second-order valence-corrected chi connectivity index (χ2v) is 5.81. The van der Waals surface area contributed by atoms with Crippen LogP contribution in [0.4, 0.5) is 0 Å². The minimum Gasteiger partial charge on any atom is -0.484 e. The van der Waals surface area contributed by atoms with Gasteiger partial charge in [0.25, 0.3) is 5.91 Å². The Labute approximate surface area is 124 Å². The zero-order valence-corrected chi connectivity index (χ0v) is 12.4. The van der Waals surface area contributed by atoms with Crippen molar-refractivity contribution in [3.63, 3.8) is 0 Å². The summed E-state index contributed by atoms with van der Waals surface area (Å²) in [5.74, 6) is 1.66. The summed E-state index contributed by atoms with van der Waals surface area (Å²) >= 11 is 0. The third-order valence-corrected chi connectivity index (χ3v) is 4.34. The molecular formula is C17H20N2O2. The molecule has 1 amide bonds. The first-order valence-corrected chi connectivity index (χ1v) is 7.35. The average Bonchev–Trinajstić information content (AvgIpc) is 2.82. The van der Waals surface area contributed by atoms with Gasteiger partial charge in [-0.3, -0.25) is 4.79 Å². The van der Waals surface area contributed by atoms with Gasteiger partial charge >= 0.3 is 0 Å². The molecule has 1 fully saturated rings. The quantitative estimate of drug-likeness (QED) is 0.682. The topological polar surface area (TPSA) is 50.7 Å². The Bertz CT molecular complexity index is 619. The van der Waals surface area contributed by atoms with Crippen LogP contribution >= 0.6 is 0 Å². The second kappa shape index (κ2) is 5.72. The molecule has 0 bridgehead atoms. The highest BCUT2D eigenvalue weighted by atomic mass is 16.5. The molecule has 21 heavy (non-hydrogen) atoms. The number of amides is 1. The Morgan fingerprint density at radius 2 is 2.24 bits per heavy atom. The number of nitrogens with zero attached hydrogens (tertiary/aromatic N) is 1. The molecule has 0 aliphatic heterocycles. The van der Waals surface area contributed by atoms with E-state index in [9.17, 15) is 4.79 Å². The molecule has 2 aliphatic carbocycles. The van der Waals surface area contributed by atoms with Crippen LogP contribution < -0.4 is 10.2 Å². The lowest BCUT2D eigenvalue weighted by Crippen LogP contribution is -2.36. The molecule has 110 valence electrons. The van der Waals surface area contributed by atoms with Gasteiger partial charge in [-0.1, -0.05) is 18.2 Å². The summed E-state index contributed by atoms with van der Waals surface area (Å²) in [6.07, 6.45) is 6.47. The van der Waals surface area contributed by atoms with E-state index in [0.717, 1.165) is 24.1 Å². The number of carbonyl (C=O) groups is 1. The van der Waals surface area contributed by atoms with Crippen molar-refractivity contribution in [2.45, 2.75) is 26.7 Å². The summed E-state index contributed by atoms with van der Waals surface area (Å²) in [6, 6.07) is 5.81. The number of aryl methyl sites for hydroxylation is 2. The molecule has 0 saturated heterocycles. The van der Waals surface area contributed by atoms with E-state index in [4.69, 9.17) is 4.74 Å². The van der Waals surface area contributed by atoms with Crippen molar-refractivity contribution in [3.05, 3.63) is 41.5 Å². The molecule has 1 saturated carbocycles. The van der Waals surface area contributed by atoms with E-state index in [0.29, 0.717) is 17.6 Å². The normalized spacial score (nSPS) is 24.6. The minimum atomic E-state index is -0.213. The number of rotatable bonds is 4. The number of nitrogens with one attached hydrogen (secondary N) is 1. The monoisotopic (exact) mass is 284 g/mol. The Hall–Kier alpha value is -2.10. The first kappa shape index (κ1) is 13.9. The predicted molar refractivity (Wildman–Crippen MR) is 82.3 cm³/mol. The summed E-state index contributed by atoms with van der Waals surface area (Å²) in [7, 11) is 0. The fraction of sp³-hybridized carbons (Fsp3) is 0.412. The summed E-state index contributed by atoms with van der Waals surface area (Å²) in [4.78, 5) is 11.7. The van der Waals surface area contributed by atoms with Gasteiger partial charge in [0.1, 0.15) is 5.75 Å². The molecule has 1 aromatic carbocycles. The van der Waals surface area contributed by atoms with Crippen molar-refractivity contribution in [1.82, 2.24) is 5.43 Å². The number of fused-ring (bicyclic) bond motifs is 1. The van der Waals surface area contributed by atoms with Crippen molar-refractivity contribution in [1.29, 1.82) is 0 Å².